The molecule has 1 heterocycles. The highest BCUT2D eigenvalue weighted by Crippen LogP contribution is 2.09. The van der Waals surface area contributed by atoms with Crippen LogP contribution in [-0.4, -0.2) is 36.0 Å². The van der Waals surface area contributed by atoms with Gasteiger partial charge in [0.15, 0.2) is 0 Å². The average molecular weight is 243 g/mol. The number of amides is 1. The van der Waals surface area contributed by atoms with Crippen molar-refractivity contribution in [1.82, 2.24) is 4.90 Å². The minimum Gasteiger partial charge on any atom is -0.462 e. The van der Waals surface area contributed by atoms with Gasteiger partial charge in [0, 0.05) is 19.5 Å². The van der Waals surface area contributed by atoms with Crippen LogP contribution >= 0.6 is 0 Å². The SMILES string of the molecule is CC(C)(C)OC=O.CCCC(=O)N1CCCC1. The number of nitrogens with zero attached hydrogens (tertiary/aromatic N) is 1. The molecule has 100 valence electrons. The molecule has 4 nitrogen and oxygen atoms in total. The Balaban J connectivity index is 0.000000325. The monoisotopic (exact) mass is 243 g/mol. The first-order chi connectivity index (χ1) is 7.90. The van der Waals surface area contributed by atoms with Crippen LogP contribution in [0.3, 0.4) is 0 Å². The van der Waals surface area contributed by atoms with Crippen LogP contribution < -0.4 is 0 Å². The average Bonchev–Trinajstić information content (AvgIpc) is 2.69. The molecule has 0 saturated carbocycles. The van der Waals surface area contributed by atoms with Gasteiger partial charge < -0.3 is 9.64 Å². The maximum atomic E-state index is 11.2. The van der Waals surface area contributed by atoms with Gasteiger partial charge >= 0.3 is 0 Å². The highest BCUT2D eigenvalue weighted by Gasteiger charge is 2.15. The van der Waals surface area contributed by atoms with Gasteiger partial charge in [-0.3, -0.25) is 9.59 Å². The molecule has 0 aromatic heterocycles. The Bertz CT molecular complexity index is 227. The minimum absolute atomic E-state index is 0.318. The van der Waals surface area contributed by atoms with E-state index >= 15 is 0 Å². The third-order valence-electron chi connectivity index (χ3n) is 2.32. The Morgan fingerprint density at radius 3 is 2.12 bits per heavy atom. The number of likely N-dealkylation sites (tertiary alicyclic amines) is 1. The molecule has 0 radical (unpaired) electrons. The molecule has 17 heavy (non-hydrogen) atoms. The van der Waals surface area contributed by atoms with Crippen molar-refractivity contribution in [1.29, 1.82) is 0 Å². The summed E-state index contributed by atoms with van der Waals surface area (Å²) in [5, 5.41) is 0. The summed E-state index contributed by atoms with van der Waals surface area (Å²) >= 11 is 0. The number of carbonyl (C=O) groups is 2. The largest absolute Gasteiger partial charge is 0.462 e. The van der Waals surface area contributed by atoms with Crippen molar-refractivity contribution in [3.8, 4) is 0 Å². The lowest BCUT2D eigenvalue weighted by Gasteiger charge is -2.14. The van der Waals surface area contributed by atoms with Crippen molar-refractivity contribution >= 4 is 12.4 Å². The number of ether oxygens (including phenoxy) is 1. The van der Waals surface area contributed by atoms with Crippen molar-refractivity contribution in [3.05, 3.63) is 0 Å². The molecular formula is C13H25NO3. The summed E-state index contributed by atoms with van der Waals surface area (Å²) in [4.78, 5) is 22.7. The fourth-order valence-electron chi connectivity index (χ4n) is 1.48. The molecule has 1 aliphatic heterocycles. The van der Waals surface area contributed by atoms with E-state index in [0.29, 0.717) is 12.4 Å². The van der Waals surface area contributed by atoms with Crippen molar-refractivity contribution in [2.45, 2.75) is 59.0 Å². The molecule has 1 saturated heterocycles. The molecule has 0 bridgehead atoms. The predicted octanol–water partition coefficient (Wildman–Crippen LogP) is 2.37. The van der Waals surface area contributed by atoms with Crippen LogP contribution in [0, 0.1) is 0 Å². The predicted molar refractivity (Wildman–Crippen MR) is 67.6 cm³/mol. The van der Waals surface area contributed by atoms with E-state index in [9.17, 15) is 9.59 Å². The van der Waals surface area contributed by atoms with E-state index in [0.717, 1.165) is 25.9 Å². The first kappa shape index (κ1) is 15.9. The standard InChI is InChI=1S/C8H15NO.C5H10O2/c1-2-5-8(10)9-6-3-4-7-9;1-5(2,3)7-4-6/h2-7H2,1H3;4H,1-3H3. The van der Waals surface area contributed by atoms with Crippen LogP contribution in [0.4, 0.5) is 0 Å². The fraction of sp³-hybridized carbons (Fsp3) is 0.846. The molecule has 0 unspecified atom stereocenters. The van der Waals surface area contributed by atoms with Crippen molar-refractivity contribution in [3.63, 3.8) is 0 Å². The lowest BCUT2D eigenvalue weighted by molar-refractivity contribution is -0.138. The van der Waals surface area contributed by atoms with Gasteiger partial charge in [0.25, 0.3) is 6.47 Å². The van der Waals surface area contributed by atoms with Crippen LogP contribution in [0.5, 0.6) is 0 Å². The lowest BCUT2D eigenvalue weighted by Crippen LogP contribution is -2.26. The van der Waals surface area contributed by atoms with Gasteiger partial charge in [-0.15, -0.1) is 0 Å². The highest BCUT2D eigenvalue weighted by atomic mass is 16.5. The molecule has 0 aromatic rings. The fourth-order valence-corrected chi connectivity index (χ4v) is 1.48. The quantitative estimate of drug-likeness (QED) is 0.715. The number of rotatable bonds is 3. The van der Waals surface area contributed by atoms with Gasteiger partial charge in [-0.1, -0.05) is 6.92 Å². The van der Waals surface area contributed by atoms with Crippen LogP contribution in [0.1, 0.15) is 53.4 Å². The van der Waals surface area contributed by atoms with Crippen LogP contribution in [-0.2, 0) is 14.3 Å². The molecule has 1 amide bonds. The van der Waals surface area contributed by atoms with E-state index in [-0.39, 0.29) is 5.60 Å². The summed E-state index contributed by atoms with van der Waals surface area (Å²) in [6, 6.07) is 0. The highest BCUT2D eigenvalue weighted by molar-refractivity contribution is 5.76. The molecule has 0 aliphatic carbocycles. The van der Waals surface area contributed by atoms with Gasteiger partial charge in [0.05, 0.1) is 0 Å². The molecule has 1 fully saturated rings. The first-order valence-corrected chi connectivity index (χ1v) is 6.30. The van der Waals surface area contributed by atoms with E-state index in [1.54, 1.807) is 0 Å². The van der Waals surface area contributed by atoms with Crippen molar-refractivity contribution < 1.29 is 14.3 Å². The van der Waals surface area contributed by atoms with Gasteiger partial charge in [0.1, 0.15) is 5.60 Å². The van der Waals surface area contributed by atoms with Crippen LogP contribution in [0.25, 0.3) is 0 Å². The molecule has 0 N–H and O–H groups in total. The Morgan fingerprint density at radius 2 is 1.82 bits per heavy atom. The minimum atomic E-state index is -0.318. The van der Waals surface area contributed by atoms with Gasteiger partial charge in [-0.25, -0.2) is 0 Å². The van der Waals surface area contributed by atoms with Gasteiger partial charge in [-0.05, 0) is 40.0 Å². The summed E-state index contributed by atoms with van der Waals surface area (Å²) in [5.74, 6) is 0.347. The maximum absolute atomic E-state index is 11.2. The topological polar surface area (TPSA) is 46.6 Å². The molecule has 0 atom stereocenters. The zero-order valence-corrected chi connectivity index (χ0v) is 11.5. The molecule has 1 aliphatic rings. The van der Waals surface area contributed by atoms with E-state index in [1.807, 2.05) is 32.6 Å². The summed E-state index contributed by atoms with van der Waals surface area (Å²) in [5.41, 5.74) is -0.318. The van der Waals surface area contributed by atoms with E-state index in [1.165, 1.54) is 12.8 Å². The smallest absolute Gasteiger partial charge is 0.293 e. The van der Waals surface area contributed by atoms with Gasteiger partial charge in [-0.2, -0.15) is 0 Å². The summed E-state index contributed by atoms with van der Waals surface area (Å²) in [6.07, 6.45) is 4.13. The second-order valence-corrected chi connectivity index (χ2v) is 5.16. The second-order valence-electron chi connectivity index (χ2n) is 5.16. The third kappa shape index (κ3) is 8.72. The number of hydrogen-bond donors (Lipinski definition) is 0. The normalized spacial score (nSPS) is 14.9. The van der Waals surface area contributed by atoms with Crippen LogP contribution in [0.2, 0.25) is 0 Å². The summed E-state index contributed by atoms with van der Waals surface area (Å²) in [7, 11) is 0. The van der Waals surface area contributed by atoms with Crippen molar-refractivity contribution in [2.75, 3.05) is 13.1 Å². The maximum Gasteiger partial charge on any atom is 0.293 e. The zero-order valence-electron chi connectivity index (χ0n) is 11.5. The Kier molecular flexibility index (Phi) is 7.59. The molecule has 0 aromatic carbocycles. The van der Waals surface area contributed by atoms with E-state index < -0.39 is 0 Å². The number of hydrogen-bond acceptors (Lipinski definition) is 3. The second kappa shape index (κ2) is 8.09. The van der Waals surface area contributed by atoms with E-state index in [4.69, 9.17) is 0 Å². The van der Waals surface area contributed by atoms with Crippen molar-refractivity contribution in [2.24, 2.45) is 0 Å². The Morgan fingerprint density at radius 1 is 1.29 bits per heavy atom. The molecule has 4 heteroatoms. The summed E-state index contributed by atoms with van der Waals surface area (Å²) < 4.78 is 4.55. The van der Waals surface area contributed by atoms with E-state index in [2.05, 4.69) is 4.74 Å². The van der Waals surface area contributed by atoms with Gasteiger partial charge in [0.2, 0.25) is 5.91 Å². The zero-order chi connectivity index (χ0) is 13.3. The first-order valence-electron chi connectivity index (χ1n) is 6.30. The third-order valence-corrected chi connectivity index (χ3v) is 2.32. The number of carbonyl (C=O) groups excluding carboxylic acids is 2. The summed E-state index contributed by atoms with van der Waals surface area (Å²) in [6.45, 7) is 9.97. The molecule has 1 rings (SSSR count). The molecule has 0 spiro atoms. The van der Waals surface area contributed by atoms with Crippen LogP contribution in [0.15, 0.2) is 0 Å². The lowest BCUT2D eigenvalue weighted by atomic mass is 10.2. The Labute approximate surface area is 104 Å². The Hall–Kier alpha value is -1.06. The molecular weight excluding hydrogens is 218 g/mol.